The highest BCUT2D eigenvalue weighted by Gasteiger charge is 2.42. The number of aromatic nitrogens is 2. The van der Waals surface area contributed by atoms with Crippen LogP contribution < -0.4 is 9.47 Å². The molecule has 1 unspecified atom stereocenters. The summed E-state index contributed by atoms with van der Waals surface area (Å²) in [4.78, 5) is 15.6. The van der Waals surface area contributed by atoms with Gasteiger partial charge in [-0.25, -0.2) is 0 Å². The Morgan fingerprint density at radius 1 is 1.05 bits per heavy atom. The molecule has 214 valence electrons. The highest BCUT2D eigenvalue weighted by Crippen LogP contribution is 2.47. The maximum atomic E-state index is 13.8. The van der Waals surface area contributed by atoms with Crippen LogP contribution in [0.1, 0.15) is 64.6 Å². The fourth-order valence-electron chi connectivity index (χ4n) is 5.48. The Labute approximate surface area is 240 Å². The van der Waals surface area contributed by atoms with E-state index in [0.29, 0.717) is 54.6 Å². The minimum absolute atomic E-state index is 0.115. The number of phenols is 1. The summed E-state index contributed by atoms with van der Waals surface area (Å²) in [6.07, 6.45) is 0.793. The van der Waals surface area contributed by atoms with Crippen molar-refractivity contribution in [2.45, 2.75) is 52.9 Å². The van der Waals surface area contributed by atoms with Gasteiger partial charge in [0.2, 0.25) is 0 Å². The van der Waals surface area contributed by atoms with E-state index in [-0.39, 0.29) is 17.8 Å². The first kappa shape index (κ1) is 28.2. The molecule has 2 heterocycles. The molecule has 0 radical (unpaired) electrons. The molecule has 0 saturated carbocycles. The maximum absolute atomic E-state index is 13.8. The molecule has 0 fully saturated rings. The zero-order valence-corrected chi connectivity index (χ0v) is 24.2. The van der Waals surface area contributed by atoms with Crippen molar-refractivity contribution in [1.82, 2.24) is 15.1 Å². The molecule has 41 heavy (non-hydrogen) atoms. The fraction of sp³-hybridized carbons (Fsp3) is 0.333. The van der Waals surface area contributed by atoms with E-state index in [9.17, 15) is 9.90 Å². The molecule has 0 spiro atoms. The molecule has 1 aromatic heterocycles. The Bertz CT molecular complexity index is 1510. The number of methoxy groups -OCH3 is 1. The lowest BCUT2D eigenvalue weighted by Crippen LogP contribution is -2.31. The Balaban J connectivity index is 1.54. The highest BCUT2D eigenvalue weighted by atomic mass is 16.5. The summed E-state index contributed by atoms with van der Waals surface area (Å²) in [7, 11) is 1.61. The van der Waals surface area contributed by atoms with Gasteiger partial charge in [-0.1, -0.05) is 42.5 Å². The van der Waals surface area contributed by atoms with Gasteiger partial charge in [-0.2, -0.15) is 5.10 Å². The standard InChI is InChI=1S/C33H37N3O5/c1-20(2)40-15-9-14-36-32(24-12-13-26(27(18-24)39-5)41-19-23-10-7-6-8-11-23)29-30(34-35-31(29)33(36)38)28-22(4)16-21(3)17-25(28)37/h6-8,10-13,16-18,20,32,37H,9,14-15,19H2,1-5H3,(H,34,35). The fourth-order valence-corrected chi connectivity index (χ4v) is 5.48. The van der Waals surface area contributed by atoms with Crippen molar-refractivity contribution in [3.8, 4) is 28.5 Å². The third kappa shape index (κ3) is 5.79. The second-order valence-electron chi connectivity index (χ2n) is 10.7. The quantitative estimate of drug-likeness (QED) is 0.210. The van der Waals surface area contributed by atoms with Gasteiger partial charge < -0.3 is 24.2 Å². The lowest BCUT2D eigenvalue weighted by Gasteiger charge is -2.27. The van der Waals surface area contributed by atoms with Crippen LogP contribution in [0.15, 0.2) is 60.7 Å². The summed E-state index contributed by atoms with van der Waals surface area (Å²) < 4.78 is 17.6. The van der Waals surface area contributed by atoms with Crippen molar-refractivity contribution in [2.24, 2.45) is 0 Å². The summed E-state index contributed by atoms with van der Waals surface area (Å²) in [6, 6.07) is 19.0. The molecule has 8 heteroatoms. The van der Waals surface area contributed by atoms with Crippen molar-refractivity contribution in [1.29, 1.82) is 0 Å². The van der Waals surface area contributed by atoms with Crippen molar-refractivity contribution in [2.75, 3.05) is 20.3 Å². The van der Waals surface area contributed by atoms with Crippen molar-refractivity contribution >= 4 is 5.91 Å². The molecule has 1 atom stereocenters. The Morgan fingerprint density at radius 2 is 1.83 bits per heavy atom. The molecule has 0 bridgehead atoms. The molecule has 1 amide bonds. The van der Waals surface area contributed by atoms with Crippen LogP contribution in [0.3, 0.4) is 0 Å². The second kappa shape index (κ2) is 12.1. The minimum atomic E-state index is -0.442. The molecule has 5 rings (SSSR count). The molecule has 1 aliphatic rings. The molecule has 0 aliphatic carbocycles. The SMILES string of the molecule is COc1cc(C2c3c(-c4c(C)cc(C)cc4O)n[nH]c3C(=O)N2CCCOC(C)C)ccc1OCc1ccccc1. The van der Waals surface area contributed by atoms with Crippen LogP contribution >= 0.6 is 0 Å². The van der Waals surface area contributed by atoms with Gasteiger partial charge in [-0.15, -0.1) is 0 Å². The van der Waals surface area contributed by atoms with Crippen LogP contribution in [0.4, 0.5) is 0 Å². The van der Waals surface area contributed by atoms with Crippen LogP contribution in [0.25, 0.3) is 11.3 Å². The molecule has 8 nitrogen and oxygen atoms in total. The monoisotopic (exact) mass is 555 g/mol. The normalized spacial score (nSPS) is 14.5. The van der Waals surface area contributed by atoms with E-state index < -0.39 is 6.04 Å². The molecule has 3 aromatic carbocycles. The number of ether oxygens (including phenoxy) is 3. The number of benzene rings is 3. The van der Waals surface area contributed by atoms with E-state index in [1.807, 2.05) is 87.2 Å². The Hall–Kier alpha value is -4.30. The maximum Gasteiger partial charge on any atom is 0.273 e. The van der Waals surface area contributed by atoms with E-state index in [1.165, 1.54) is 0 Å². The number of aromatic hydroxyl groups is 1. The number of carbonyl (C=O) groups is 1. The van der Waals surface area contributed by atoms with Gasteiger partial charge in [0.15, 0.2) is 11.5 Å². The largest absolute Gasteiger partial charge is 0.507 e. The molecular formula is C33H37N3O5. The number of aryl methyl sites for hydroxylation is 2. The number of H-pyrrole nitrogens is 1. The average molecular weight is 556 g/mol. The number of nitrogens with zero attached hydrogens (tertiary/aromatic N) is 2. The number of amides is 1. The second-order valence-corrected chi connectivity index (χ2v) is 10.7. The first-order chi connectivity index (χ1) is 19.8. The molecular weight excluding hydrogens is 518 g/mol. The minimum Gasteiger partial charge on any atom is -0.507 e. The number of fused-ring (bicyclic) bond motifs is 1. The number of hydrogen-bond acceptors (Lipinski definition) is 6. The predicted octanol–water partition coefficient (Wildman–Crippen LogP) is 6.35. The summed E-state index contributed by atoms with van der Waals surface area (Å²) >= 11 is 0. The van der Waals surface area contributed by atoms with Gasteiger partial charge in [0.25, 0.3) is 5.91 Å². The lowest BCUT2D eigenvalue weighted by molar-refractivity contribution is 0.0601. The van der Waals surface area contributed by atoms with Crippen LogP contribution in [0.2, 0.25) is 0 Å². The van der Waals surface area contributed by atoms with Gasteiger partial charge in [-0.05, 0) is 74.6 Å². The van der Waals surface area contributed by atoms with E-state index in [4.69, 9.17) is 14.2 Å². The number of hydrogen-bond donors (Lipinski definition) is 2. The van der Waals surface area contributed by atoms with Crippen LogP contribution in [0.5, 0.6) is 17.2 Å². The summed E-state index contributed by atoms with van der Waals surface area (Å²) in [5, 5.41) is 18.5. The first-order valence-electron chi connectivity index (χ1n) is 13.9. The van der Waals surface area contributed by atoms with Gasteiger partial charge in [0.1, 0.15) is 23.7 Å². The number of rotatable bonds is 11. The van der Waals surface area contributed by atoms with Crippen LogP contribution in [0, 0.1) is 13.8 Å². The van der Waals surface area contributed by atoms with Crippen molar-refractivity contribution in [3.63, 3.8) is 0 Å². The molecule has 1 aliphatic heterocycles. The number of nitrogens with one attached hydrogen (secondary N) is 1. The van der Waals surface area contributed by atoms with Gasteiger partial charge >= 0.3 is 0 Å². The van der Waals surface area contributed by atoms with E-state index in [1.54, 1.807) is 13.2 Å². The zero-order chi connectivity index (χ0) is 29.1. The van der Waals surface area contributed by atoms with E-state index in [0.717, 1.165) is 27.8 Å². The van der Waals surface area contributed by atoms with Gasteiger partial charge in [0, 0.05) is 24.3 Å². The number of aromatic amines is 1. The smallest absolute Gasteiger partial charge is 0.273 e. The van der Waals surface area contributed by atoms with Crippen molar-refractivity contribution < 1.29 is 24.1 Å². The van der Waals surface area contributed by atoms with E-state index in [2.05, 4.69) is 10.2 Å². The topological polar surface area (TPSA) is 96.9 Å². The third-order valence-corrected chi connectivity index (χ3v) is 7.29. The average Bonchev–Trinajstić information content (AvgIpc) is 3.48. The number of carbonyl (C=O) groups excluding carboxylic acids is 1. The Morgan fingerprint density at radius 3 is 2.54 bits per heavy atom. The van der Waals surface area contributed by atoms with E-state index >= 15 is 0 Å². The van der Waals surface area contributed by atoms with Crippen molar-refractivity contribution in [3.05, 3.63) is 94.2 Å². The molecule has 2 N–H and O–H groups in total. The van der Waals surface area contributed by atoms with Crippen LogP contribution in [-0.2, 0) is 11.3 Å². The highest BCUT2D eigenvalue weighted by molar-refractivity contribution is 6.00. The zero-order valence-electron chi connectivity index (χ0n) is 24.2. The molecule has 0 saturated heterocycles. The molecule has 4 aromatic rings. The Kier molecular flexibility index (Phi) is 8.31. The first-order valence-corrected chi connectivity index (χ1v) is 13.9. The van der Waals surface area contributed by atoms with Gasteiger partial charge in [0.05, 0.1) is 19.3 Å². The summed E-state index contributed by atoms with van der Waals surface area (Å²) in [5.74, 6) is 1.18. The van der Waals surface area contributed by atoms with Gasteiger partial charge in [-0.3, -0.25) is 9.89 Å². The third-order valence-electron chi connectivity index (χ3n) is 7.29. The van der Waals surface area contributed by atoms with Crippen LogP contribution in [-0.4, -0.2) is 52.5 Å². The number of phenolic OH excluding ortho intramolecular Hbond substituents is 1. The summed E-state index contributed by atoms with van der Waals surface area (Å²) in [5.41, 5.74) is 6.09. The lowest BCUT2D eigenvalue weighted by atomic mass is 9.93. The summed E-state index contributed by atoms with van der Waals surface area (Å²) in [6.45, 7) is 9.31. The predicted molar refractivity (Wildman–Crippen MR) is 158 cm³/mol.